The maximum Gasteiger partial charge on any atom is 0.469 e. The highest BCUT2D eigenvalue weighted by atomic mass is 32.2. The number of ether oxygens (including phenoxy) is 1. The second kappa shape index (κ2) is 9.51. The van der Waals surface area contributed by atoms with Gasteiger partial charge in [0.1, 0.15) is 12.3 Å². The number of hydrogen-bond donors (Lipinski definition) is 5. The van der Waals surface area contributed by atoms with Crippen LogP contribution >= 0.6 is 19.8 Å². The molecular weight excluding hydrogens is 401 g/mol. The molecule has 11 nitrogen and oxygen atoms in total. The van der Waals surface area contributed by atoms with E-state index in [-0.39, 0.29) is 6.42 Å². The molecule has 13 heteroatoms. The Labute approximate surface area is 158 Å². The van der Waals surface area contributed by atoms with Crippen molar-refractivity contribution in [1.29, 1.82) is 0 Å². The van der Waals surface area contributed by atoms with Crippen LogP contribution in [0.25, 0.3) is 0 Å². The number of phosphoric ester groups is 1. The first-order valence-corrected chi connectivity index (χ1v) is 10.2. The van der Waals surface area contributed by atoms with Gasteiger partial charge >= 0.3 is 13.5 Å². The van der Waals surface area contributed by atoms with Crippen LogP contribution in [-0.4, -0.2) is 43.3 Å². The molecule has 0 radical (unpaired) electrons. The summed E-state index contributed by atoms with van der Waals surface area (Å²) in [4.78, 5) is 42.3. The van der Waals surface area contributed by atoms with Crippen molar-refractivity contribution in [2.24, 2.45) is 0 Å². The Kier molecular flexibility index (Phi) is 7.62. The molecule has 0 bridgehead atoms. The van der Waals surface area contributed by atoms with Gasteiger partial charge in [0.2, 0.25) is 0 Å². The number of aliphatic hydroxyl groups excluding tert-OH is 1. The summed E-state index contributed by atoms with van der Waals surface area (Å²) >= 11 is 1.58. The lowest BCUT2D eigenvalue weighted by atomic mass is 10.2. The van der Waals surface area contributed by atoms with Gasteiger partial charge in [-0.15, -0.1) is 0 Å². The van der Waals surface area contributed by atoms with Crippen LogP contribution in [0.15, 0.2) is 39.5 Å². The van der Waals surface area contributed by atoms with E-state index in [4.69, 9.17) is 14.5 Å². The van der Waals surface area contributed by atoms with E-state index >= 15 is 0 Å². The van der Waals surface area contributed by atoms with Gasteiger partial charge in [-0.05, 0) is 30.4 Å². The molecule has 2 aliphatic rings. The van der Waals surface area contributed by atoms with E-state index < -0.39 is 44.1 Å². The summed E-state index contributed by atoms with van der Waals surface area (Å²) in [5.41, 5.74) is -0.918. The Morgan fingerprint density at radius 3 is 2.67 bits per heavy atom. The Morgan fingerprint density at radius 2 is 2.15 bits per heavy atom. The zero-order valence-corrected chi connectivity index (χ0v) is 15.9. The van der Waals surface area contributed by atoms with E-state index in [1.165, 1.54) is 13.1 Å². The molecule has 3 heterocycles. The number of hydrogen-bond acceptors (Lipinski definition) is 8. The third-order valence-corrected chi connectivity index (χ3v) is 4.61. The van der Waals surface area contributed by atoms with Gasteiger partial charge in [0.25, 0.3) is 5.56 Å². The molecule has 1 aromatic rings. The summed E-state index contributed by atoms with van der Waals surface area (Å²) in [5, 5.41) is 11.8. The summed E-state index contributed by atoms with van der Waals surface area (Å²) in [5.74, 6) is 0. The Hall–Kier alpha value is -1.66. The number of nitrogens with one attached hydrogen (secondary N) is 2. The summed E-state index contributed by atoms with van der Waals surface area (Å²) < 4.78 is 24.3. The Bertz CT molecular complexity index is 849. The maximum atomic E-state index is 11.7. The topological polar surface area (TPSA) is 163 Å². The molecule has 0 saturated carbocycles. The molecule has 27 heavy (non-hydrogen) atoms. The van der Waals surface area contributed by atoms with Crippen LogP contribution in [0.1, 0.15) is 18.2 Å². The van der Waals surface area contributed by atoms with Crippen LogP contribution in [-0.2, 0) is 13.8 Å². The molecule has 1 fully saturated rings. The third-order valence-electron chi connectivity index (χ3n) is 3.56. The van der Waals surface area contributed by atoms with Crippen molar-refractivity contribution in [3.05, 3.63) is 56.4 Å². The van der Waals surface area contributed by atoms with Gasteiger partial charge < -0.3 is 24.4 Å². The molecule has 5 N–H and O–H groups in total. The predicted octanol–water partition coefficient (Wildman–Crippen LogP) is -0.132. The number of aliphatic hydroxyl groups is 1. The first-order valence-electron chi connectivity index (χ1n) is 7.76. The highest BCUT2D eigenvalue weighted by molar-refractivity contribution is 8.00. The molecule has 150 valence electrons. The summed E-state index contributed by atoms with van der Waals surface area (Å²) in [7, 11) is -4.67. The zero-order chi connectivity index (χ0) is 20.0. The minimum absolute atomic E-state index is 0.0283. The van der Waals surface area contributed by atoms with E-state index in [1.54, 1.807) is 11.9 Å². The largest absolute Gasteiger partial charge is 0.469 e. The number of rotatable bonds is 4. The number of aromatic amines is 1. The molecule has 1 saturated heterocycles. The lowest BCUT2D eigenvalue weighted by Gasteiger charge is -2.16. The smallest absolute Gasteiger partial charge is 0.390 e. The highest BCUT2D eigenvalue weighted by Crippen LogP contribution is 2.38. The Balaban J connectivity index is 0.000000369. The first-order chi connectivity index (χ1) is 12.7. The van der Waals surface area contributed by atoms with Gasteiger partial charge in [0.15, 0.2) is 0 Å². The van der Waals surface area contributed by atoms with Crippen molar-refractivity contribution in [2.45, 2.75) is 31.8 Å². The van der Waals surface area contributed by atoms with Crippen molar-refractivity contribution in [2.75, 3.05) is 6.61 Å². The quantitative estimate of drug-likeness (QED) is 0.327. The summed E-state index contributed by atoms with van der Waals surface area (Å²) in [6.45, 7) is 0.994. The number of allylic oxidation sites excluding steroid dienone is 2. The molecule has 2 aliphatic heterocycles. The summed E-state index contributed by atoms with van der Waals surface area (Å²) in [6, 6.07) is 0. The minimum Gasteiger partial charge on any atom is -0.390 e. The third kappa shape index (κ3) is 6.78. The first kappa shape index (κ1) is 21.6. The molecule has 0 spiro atoms. The normalized spacial score (nSPS) is 24.2. The van der Waals surface area contributed by atoms with E-state index in [1.807, 2.05) is 23.8 Å². The predicted molar refractivity (Wildman–Crippen MR) is 97.6 cm³/mol. The van der Waals surface area contributed by atoms with Crippen molar-refractivity contribution in [3.63, 3.8) is 0 Å². The minimum atomic E-state index is -4.67. The van der Waals surface area contributed by atoms with Gasteiger partial charge in [-0.1, -0.05) is 6.08 Å². The molecule has 0 amide bonds. The van der Waals surface area contributed by atoms with Crippen molar-refractivity contribution in [3.8, 4) is 0 Å². The van der Waals surface area contributed by atoms with E-state index in [9.17, 15) is 19.3 Å². The van der Waals surface area contributed by atoms with Crippen molar-refractivity contribution in [1.82, 2.24) is 14.3 Å². The fourth-order valence-corrected chi connectivity index (χ4v) is 3.01. The Morgan fingerprint density at radius 1 is 1.41 bits per heavy atom. The highest BCUT2D eigenvalue weighted by Gasteiger charge is 2.37. The van der Waals surface area contributed by atoms with E-state index in [0.29, 0.717) is 5.56 Å². The van der Waals surface area contributed by atoms with Gasteiger partial charge in [-0.2, -0.15) is 0 Å². The molecule has 0 aromatic carbocycles. The molecule has 0 unspecified atom stereocenters. The number of phosphoric acid groups is 1. The molecule has 0 aliphatic carbocycles. The van der Waals surface area contributed by atoms with Crippen LogP contribution in [0, 0.1) is 6.92 Å². The average molecular weight is 421 g/mol. The average Bonchev–Trinajstić information content (AvgIpc) is 2.98. The second-order valence-electron chi connectivity index (χ2n) is 5.62. The van der Waals surface area contributed by atoms with Crippen molar-refractivity contribution < 1.29 is 28.7 Å². The van der Waals surface area contributed by atoms with Crippen LogP contribution in [0.4, 0.5) is 0 Å². The van der Waals surface area contributed by atoms with E-state index in [0.717, 1.165) is 4.57 Å². The monoisotopic (exact) mass is 421 g/mol. The fraction of sp³-hybridized carbons (Fsp3) is 0.429. The van der Waals surface area contributed by atoms with Gasteiger partial charge in [-0.3, -0.25) is 18.9 Å². The molecular formula is C14H20N3O8PS. The second-order valence-corrected chi connectivity index (χ2v) is 7.60. The van der Waals surface area contributed by atoms with Gasteiger partial charge in [-0.25, -0.2) is 9.36 Å². The number of aromatic nitrogens is 2. The lowest BCUT2D eigenvalue weighted by molar-refractivity contribution is -0.0451. The lowest BCUT2D eigenvalue weighted by Crippen LogP contribution is -2.33. The number of nitrogens with zero attached hydrogens (tertiary/aromatic N) is 1. The number of aryl methyl sites for hydroxylation is 1. The molecule has 3 atom stereocenters. The molecule has 3 rings (SSSR count). The van der Waals surface area contributed by atoms with E-state index in [2.05, 4.69) is 14.2 Å². The number of H-pyrrole nitrogens is 1. The molecule has 1 aromatic heterocycles. The van der Waals surface area contributed by atoms with Crippen LogP contribution < -0.4 is 16.0 Å². The van der Waals surface area contributed by atoms with Crippen LogP contribution in [0.2, 0.25) is 0 Å². The van der Waals surface area contributed by atoms with Crippen molar-refractivity contribution >= 4 is 19.8 Å². The van der Waals surface area contributed by atoms with Crippen LogP contribution in [0.3, 0.4) is 0 Å². The summed E-state index contributed by atoms with van der Waals surface area (Å²) in [6.07, 6.45) is 4.27. The van der Waals surface area contributed by atoms with Crippen LogP contribution in [0.5, 0.6) is 0 Å². The SMILES string of the molecule is C1=CNSC=C1.Cc1cn([C@H]2C[C@H](O)[C@@H](COP(=O)(O)O)O2)c(=O)[nH]c1=O. The standard InChI is InChI=1S/C10H15N2O8P.C4H5NS/c1-5-3-12(10(15)11-9(5)14)8-2-6(13)7(20-8)4-19-21(16,17)18;1-2-4-6-5-3-1/h3,6-8,13H,2,4H2,1H3,(H,11,14,15)(H2,16,17,18);1-5H/t6-,7+,8+;/m0./s1. The zero-order valence-electron chi connectivity index (χ0n) is 14.2. The van der Waals surface area contributed by atoms with Gasteiger partial charge in [0.05, 0.1) is 12.7 Å². The fourth-order valence-electron chi connectivity index (χ4n) is 2.26. The van der Waals surface area contributed by atoms with Gasteiger partial charge in [0, 0.05) is 24.4 Å². The maximum absolute atomic E-state index is 11.7.